The Balaban J connectivity index is 1.21. The van der Waals surface area contributed by atoms with Crippen LogP contribution in [0.4, 0.5) is 0 Å². The molecule has 2 fully saturated rings. The van der Waals surface area contributed by atoms with E-state index in [2.05, 4.69) is 15.5 Å². The molecule has 1 aromatic heterocycles. The Bertz CT molecular complexity index is 1430. The van der Waals surface area contributed by atoms with E-state index in [4.69, 9.17) is 9.47 Å². The van der Waals surface area contributed by atoms with Crippen LogP contribution in [0.15, 0.2) is 54.6 Å². The molecule has 1 aliphatic carbocycles. The topological polar surface area (TPSA) is 117 Å². The molecule has 41 heavy (non-hydrogen) atoms. The molecular formula is C31H35N5O5. The number of likely N-dealkylation sites (tertiary alicyclic amines) is 1. The zero-order valence-electron chi connectivity index (χ0n) is 23.2. The lowest BCUT2D eigenvalue weighted by molar-refractivity contribution is -0.135. The van der Waals surface area contributed by atoms with Crippen LogP contribution in [0, 0.1) is 0 Å². The predicted octanol–water partition coefficient (Wildman–Crippen LogP) is 3.40. The first-order chi connectivity index (χ1) is 19.9. The molecule has 0 radical (unpaired) electrons. The third-order valence-electron chi connectivity index (χ3n) is 7.95. The summed E-state index contributed by atoms with van der Waals surface area (Å²) in [5.41, 5.74) is 3.31. The van der Waals surface area contributed by atoms with Gasteiger partial charge in [0.1, 0.15) is 17.2 Å². The standard InChI is InChI=1S/C31H35N5O5/c1-35-18-29(37)32-27-17-36(31(39)26-16-25(33-34-26)22-9-10-22)13-12-28(27)40-19-21-5-3-7-24(15-21)41-23-6-2-4-20(14-23)8-11-30(35)38/h2-7,14-16,22,27-28H,8-13,17-19H2,1H3,(H,32,37)(H,33,34)/t27-,28+/m0/s1. The Morgan fingerprint density at radius 2 is 1.73 bits per heavy atom. The first-order valence-corrected chi connectivity index (χ1v) is 14.3. The minimum atomic E-state index is -0.441. The number of rotatable bonds is 2. The van der Waals surface area contributed by atoms with Crippen molar-refractivity contribution in [2.75, 3.05) is 26.7 Å². The largest absolute Gasteiger partial charge is 0.457 e. The van der Waals surface area contributed by atoms with Crippen LogP contribution in [0.2, 0.25) is 0 Å². The van der Waals surface area contributed by atoms with Gasteiger partial charge in [0.05, 0.1) is 25.3 Å². The zero-order valence-corrected chi connectivity index (χ0v) is 23.2. The van der Waals surface area contributed by atoms with E-state index in [0.29, 0.717) is 49.1 Å². The van der Waals surface area contributed by atoms with Gasteiger partial charge in [-0.15, -0.1) is 0 Å². The predicted molar refractivity (Wildman–Crippen MR) is 151 cm³/mol. The van der Waals surface area contributed by atoms with Gasteiger partial charge in [-0.25, -0.2) is 0 Å². The number of aromatic nitrogens is 2. The molecule has 2 aromatic carbocycles. The Hall–Kier alpha value is -4.18. The lowest BCUT2D eigenvalue weighted by Gasteiger charge is -2.38. The second-order valence-electron chi connectivity index (χ2n) is 11.2. The van der Waals surface area contributed by atoms with Crippen molar-refractivity contribution in [2.24, 2.45) is 0 Å². The number of H-pyrrole nitrogens is 1. The van der Waals surface area contributed by atoms with Crippen LogP contribution in [-0.4, -0.2) is 76.5 Å². The third-order valence-corrected chi connectivity index (χ3v) is 7.95. The van der Waals surface area contributed by atoms with Gasteiger partial charge in [-0.05, 0) is 67.1 Å². The lowest BCUT2D eigenvalue weighted by atomic mass is 10.0. The average Bonchev–Trinajstić information content (AvgIpc) is 3.70. The van der Waals surface area contributed by atoms with Gasteiger partial charge >= 0.3 is 0 Å². The number of aryl methyl sites for hydroxylation is 1. The number of likely N-dealkylation sites (N-methyl/N-ethyl adjacent to an activating group) is 1. The molecule has 10 heteroatoms. The SMILES string of the molecule is CN1CC(=O)N[C@H]2CN(C(=O)c3cc(C4CC4)[nH]n3)CC[C@H]2OCc2cccc(c2)Oc2cccc(c2)CCC1=O. The normalized spacial score (nSPS) is 22.2. The number of carbonyl (C=O) groups excluding carboxylic acids is 3. The fourth-order valence-corrected chi connectivity index (χ4v) is 5.47. The zero-order chi connectivity index (χ0) is 28.3. The van der Waals surface area contributed by atoms with Gasteiger partial charge in [0.15, 0.2) is 0 Å². The van der Waals surface area contributed by atoms with Gasteiger partial charge in [-0.1, -0.05) is 24.3 Å². The smallest absolute Gasteiger partial charge is 0.274 e. The highest BCUT2D eigenvalue weighted by molar-refractivity contribution is 5.92. The Morgan fingerprint density at radius 3 is 2.51 bits per heavy atom. The van der Waals surface area contributed by atoms with Crippen LogP contribution < -0.4 is 10.1 Å². The Morgan fingerprint density at radius 1 is 0.976 bits per heavy atom. The Labute approximate surface area is 239 Å². The maximum Gasteiger partial charge on any atom is 0.274 e. The summed E-state index contributed by atoms with van der Waals surface area (Å²) in [6.45, 7) is 1.02. The fraction of sp³-hybridized carbons (Fsp3) is 0.419. The van der Waals surface area contributed by atoms with Crippen molar-refractivity contribution in [3.8, 4) is 11.5 Å². The molecule has 4 bridgehead atoms. The number of nitrogens with zero attached hydrogens (tertiary/aromatic N) is 3. The van der Waals surface area contributed by atoms with Crippen LogP contribution in [-0.2, 0) is 27.4 Å². The summed E-state index contributed by atoms with van der Waals surface area (Å²) in [5, 5.41) is 10.3. The first-order valence-electron chi connectivity index (χ1n) is 14.3. The molecule has 214 valence electrons. The third kappa shape index (κ3) is 6.59. The molecule has 0 spiro atoms. The lowest BCUT2D eigenvalue weighted by Crippen LogP contribution is -2.58. The van der Waals surface area contributed by atoms with Crippen molar-refractivity contribution in [3.63, 3.8) is 0 Å². The maximum atomic E-state index is 13.3. The molecule has 3 amide bonds. The van der Waals surface area contributed by atoms with Crippen molar-refractivity contribution < 1.29 is 23.9 Å². The van der Waals surface area contributed by atoms with Crippen molar-refractivity contribution in [3.05, 3.63) is 77.1 Å². The van der Waals surface area contributed by atoms with Gasteiger partial charge in [-0.3, -0.25) is 19.5 Å². The summed E-state index contributed by atoms with van der Waals surface area (Å²) < 4.78 is 12.5. The van der Waals surface area contributed by atoms with E-state index in [1.807, 2.05) is 54.6 Å². The van der Waals surface area contributed by atoms with Gasteiger partial charge < -0.3 is 24.6 Å². The number of amides is 3. The van der Waals surface area contributed by atoms with Crippen molar-refractivity contribution in [2.45, 2.75) is 56.8 Å². The number of nitrogens with one attached hydrogen (secondary N) is 2. The van der Waals surface area contributed by atoms with Gasteiger partial charge in [0.2, 0.25) is 11.8 Å². The monoisotopic (exact) mass is 557 g/mol. The minimum Gasteiger partial charge on any atom is -0.457 e. The van der Waals surface area contributed by atoms with Crippen molar-refractivity contribution in [1.82, 2.24) is 25.3 Å². The van der Waals surface area contributed by atoms with Crippen LogP contribution in [0.1, 0.15) is 58.9 Å². The van der Waals surface area contributed by atoms with Crippen molar-refractivity contribution >= 4 is 17.7 Å². The number of hydrogen-bond acceptors (Lipinski definition) is 6. The van der Waals surface area contributed by atoms with E-state index in [1.54, 1.807) is 11.9 Å². The molecule has 6 rings (SSSR count). The Kier molecular flexibility index (Phi) is 7.74. The molecule has 3 aromatic rings. The van der Waals surface area contributed by atoms with Crippen LogP contribution in [0.5, 0.6) is 11.5 Å². The van der Waals surface area contributed by atoms with E-state index in [1.165, 1.54) is 4.90 Å². The number of carbonyl (C=O) groups is 3. The maximum absolute atomic E-state index is 13.3. The quantitative estimate of drug-likeness (QED) is 0.499. The molecule has 0 unspecified atom stereocenters. The average molecular weight is 558 g/mol. The molecular weight excluding hydrogens is 522 g/mol. The molecule has 1 saturated heterocycles. The summed E-state index contributed by atoms with van der Waals surface area (Å²) in [4.78, 5) is 42.4. The molecule has 1 saturated carbocycles. The van der Waals surface area contributed by atoms with Crippen molar-refractivity contribution in [1.29, 1.82) is 0 Å². The van der Waals surface area contributed by atoms with Gasteiger partial charge in [0, 0.05) is 38.2 Å². The van der Waals surface area contributed by atoms with Gasteiger partial charge in [-0.2, -0.15) is 5.10 Å². The molecule has 2 atom stereocenters. The number of benzene rings is 2. The summed E-state index contributed by atoms with van der Waals surface area (Å²) in [6, 6.07) is 16.8. The van der Waals surface area contributed by atoms with E-state index >= 15 is 0 Å². The number of ether oxygens (including phenoxy) is 2. The number of aromatic amines is 1. The van der Waals surface area contributed by atoms with E-state index < -0.39 is 6.04 Å². The van der Waals surface area contributed by atoms with E-state index in [9.17, 15) is 14.4 Å². The molecule has 2 aliphatic heterocycles. The summed E-state index contributed by atoms with van der Waals surface area (Å²) >= 11 is 0. The second kappa shape index (κ2) is 11.7. The molecule has 2 N–H and O–H groups in total. The number of hydrogen-bond donors (Lipinski definition) is 2. The summed E-state index contributed by atoms with van der Waals surface area (Å²) in [5.74, 6) is 1.27. The van der Waals surface area contributed by atoms with E-state index in [-0.39, 0.29) is 43.3 Å². The minimum absolute atomic E-state index is 0.0781. The van der Waals surface area contributed by atoms with Crippen LogP contribution >= 0.6 is 0 Å². The highest BCUT2D eigenvalue weighted by atomic mass is 16.5. The molecule has 3 aliphatic rings. The van der Waals surface area contributed by atoms with E-state index in [0.717, 1.165) is 29.7 Å². The molecule has 3 heterocycles. The highest BCUT2D eigenvalue weighted by Crippen LogP contribution is 2.39. The molecule has 10 nitrogen and oxygen atoms in total. The summed E-state index contributed by atoms with van der Waals surface area (Å²) in [6.07, 6.45) is 3.27. The highest BCUT2D eigenvalue weighted by Gasteiger charge is 2.35. The first kappa shape index (κ1) is 27.0. The number of piperidine rings is 1. The fourth-order valence-electron chi connectivity index (χ4n) is 5.47. The number of fused-ring (bicyclic) bond motifs is 5. The van der Waals surface area contributed by atoms with Crippen LogP contribution in [0.25, 0.3) is 0 Å². The second-order valence-corrected chi connectivity index (χ2v) is 11.2. The van der Waals surface area contributed by atoms with Crippen LogP contribution in [0.3, 0.4) is 0 Å². The van der Waals surface area contributed by atoms with Gasteiger partial charge in [0.25, 0.3) is 5.91 Å². The summed E-state index contributed by atoms with van der Waals surface area (Å²) in [7, 11) is 1.63.